The highest BCUT2D eigenvalue weighted by Gasteiger charge is 2.16. The Morgan fingerprint density at radius 3 is 1.58 bits per heavy atom. The normalized spacial score (nSPS) is 12.5. The Balaban J connectivity index is 3.80. The molecule has 0 aliphatic carbocycles. The molecule has 0 spiro atoms. The fourth-order valence-corrected chi connectivity index (χ4v) is 1.84. The average molecular weight is 171 g/mol. The van der Waals surface area contributed by atoms with Crippen molar-refractivity contribution in [3.05, 3.63) is 0 Å². The Hall–Kier alpha value is -0.0400. The zero-order chi connectivity index (χ0) is 9.72. The van der Waals surface area contributed by atoms with E-state index in [1.54, 1.807) is 0 Å². The van der Waals surface area contributed by atoms with Crippen LogP contribution in [0.5, 0.6) is 0 Å². The molecule has 0 saturated carbocycles. The van der Waals surface area contributed by atoms with Gasteiger partial charge in [0.1, 0.15) is 0 Å². The SMILES string of the molecule is CC(C)C(CCN(C)C)C(C)C. The zero-order valence-corrected chi connectivity index (χ0v) is 9.59. The molecule has 0 atom stereocenters. The first-order valence-corrected chi connectivity index (χ1v) is 5.09. The highest BCUT2D eigenvalue weighted by atomic mass is 15.0. The standard InChI is InChI=1S/C11H25N/c1-9(2)11(10(3)4)7-8-12(5)6/h9-11H,7-8H2,1-6H3. The summed E-state index contributed by atoms with van der Waals surface area (Å²) in [6.45, 7) is 10.6. The maximum atomic E-state index is 2.33. The first kappa shape index (κ1) is 12.0. The lowest BCUT2D eigenvalue weighted by Gasteiger charge is -2.26. The molecule has 0 aromatic carbocycles. The van der Waals surface area contributed by atoms with E-state index in [4.69, 9.17) is 0 Å². The van der Waals surface area contributed by atoms with Gasteiger partial charge in [-0.1, -0.05) is 27.7 Å². The summed E-state index contributed by atoms with van der Waals surface area (Å²) in [7, 11) is 4.30. The van der Waals surface area contributed by atoms with Crippen LogP contribution >= 0.6 is 0 Å². The molecule has 1 nitrogen and oxygen atoms in total. The van der Waals surface area contributed by atoms with Gasteiger partial charge >= 0.3 is 0 Å². The number of nitrogens with zero attached hydrogens (tertiary/aromatic N) is 1. The summed E-state index contributed by atoms with van der Waals surface area (Å²) in [6.07, 6.45) is 1.34. The van der Waals surface area contributed by atoms with E-state index in [-0.39, 0.29) is 0 Å². The maximum Gasteiger partial charge on any atom is -0.00220 e. The van der Waals surface area contributed by atoms with Gasteiger partial charge in [0, 0.05) is 0 Å². The van der Waals surface area contributed by atoms with Crippen LogP contribution in [0.4, 0.5) is 0 Å². The van der Waals surface area contributed by atoms with Crippen molar-refractivity contribution in [3.8, 4) is 0 Å². The Labute approximate surface area is 78.1 Å². The third kappa shape index (κ3) is 4.76. The van der Waals surface area contributed by atoms with Crippen LogP contribution in [0.25, 0.3) is 0 Å². The van der Waals surface area contributed by atoms with Crippen molar-refractivity contribution in [2.24, 2.45) is 17.8 Å². The second kappa shape index (κ2) is 5.58. The van der Waals surface area contributed by atoms with Crippen LogP contribution in [-0.2, 0) is 0 Å². The molecule has 1 heteroatoms. The quantitative estimate of drug-likeness (QED) is 0.615. The molecule has 0 heterocycles. The smallest absolute Gasteiger partial charge is 0.00220 e. The summed E-state index contributed by atoms with van der Waals surface area (Å²) >= 11 is 0. The Morgan fingerprint density at radius 1 is 0.917 bits per heavy atom. The van der Waals surface area contributed by atoms with Gasteiger partial charge in [-0.15, -0.1) is 0 Å². The van der Waals surface area contributed by atoms with Crippen LogP contribution in [0.15, 0.2) is 0 Å². The lowest BCUT2D eigenvalue weighted by atomic mass is 9.83. The fraction of sp³-hybridized carbons (Fsp3) is 1.00. The minimum Gasteiger partial charge on any atom is -0.309 e. The third-order valence-corrected chi connectivity index (χ3v) is 2.62. The van der Waals surface area contributed by atoms with Crippen LogP contribution in [-0.4, -0.2) is 25.5 Å². The van der Waals surface area contributed by atoms with Crippen LogP contribution in [0, 0.1) is 17.8 Å². The van der Waals surface area contributed by atoms with E-state index in [2.05, 4.69) is 46.7 Å². The molecule has 74 valence electrons. The van der Waals surface area contributed by atoms with Crippen LogP contribution in [0.2, 0.25) is 0 Å². The van der Waals surface area contributed by atoms with E-state index in [9.17, 15) is 0 Å². The van der Waals surface area contributed by atoms with Gasteiger partial charge in [-0.3, -0.25) is 0 Å². The molecule has 0 fully saturated rings. The number of hydrogen-bond donors (Lipinski definition) is 0. The third-order valence-electron chi connectivity index (χ3n) is 2.62. The van der Waals surface area contributed by atoms with Crippen LogP contribution in [0.3, 0.4) is 0 Å². The molecule has 0 aliphatic heterocycles. The minimum atomic E-state index is 0.824. The molecule has 0 aliphatic rings. The molecule has 0 saturated heterocycles. The number of hydrogen-bond acceptors (Lipinski definition) is 1. The van der Waals surface area contributed by atoms with Gasteiger partial charge in [0.05, 0.1) is 0 Å². The monoisotopic (exact) mass is 171 g/mol. The maximum absolute atomic E-state index is 2.33. The van der Waals surface area contributed by atoms with Crippen molar-refractivity contribution >= 4 is 0 Å². The summed E-state index contributed by atoms with van der Waals surface area (Å²) < 4.78 is 0. The van der Waals surface area contributed by atoms with E-state index in [1.807, 2.05) is 0 Å². The van der Waals surface area contributed by atoms with E-state index >= 15 is 0 Å². The second-order valence-electron chi connectivity index (χ2n) is 4.74. The van der Waals surface area contributed by atoms with E-state index in [0.29, 0.717) is 0 Å². The summed E-state index contributed by atoms with van der Waals surface area (Å²) in [5.41, 5.74) is 0. The Kier molecular flexibility index (Phi) is 5.56. The summed E-state index contributed by atoms with van der Waals surface area (Å²) in [5.74, 6) is 2.53. The van der Waals surface area contributed by atoms with Crippen LogP contribution in [0.1, 0.15) is 34.1 Å². The van der Waals surface area contributed by atoms with Gasteiger partial charge in [0.15, 0.2) is 0 Å². The molecular weight excluding hydrogens is 146 g/mol. The van der Waals surface area contributed by atoms with E-state index in [0.717, 1.165) is 17.8 Å². The predicted octanol–water partition coefficient (Wildman–Crippen LogP) is 2.87. The number of rotatable bonds is 5. The van der Waals surface area contributed by atoms with Gasteiger partial charge in [0.2, 0.25) is 0 Å². The summed E-state index contributed by atoms with van der Waals surface area (Å²) in [4.78, 5) is 2.28. The van der Waals surface area contributed by atoms with Crippen molar-refractivity contribution in [3.63, 3.8) is 0 Å². The van der Waals surface area contributed by atoms with Crippen molar-refractivity contribution < 1.29 is 0 Å². The lowest BCUT2D eigenvalue weighted by molar-refractivity contribution is 0.238. The molecule has 0 N–H and O–H groups in total. The summed E-state index contributed by atoms with van der Waals surface area (Å²) in [6, 6.07) is 0. The molecule has 0 bridgehead atoms. The largest absolute Gasteiger partial charge is 0.309 e. The minimum absolute atomic E-state index is 0.824. The molecule has 0 unspecified atom stereocenters. The van der Waals surface area contributed by atoms with Crippen LogP contribution < -0.4 is 0 Å². The van der Waals surface area contributed by atoms with Crippen molar-refractivity contribution in [1.82, 2.24) is 4.90 Å². The van der Waals surface area contributed by atoms with E-state index < -0.39 is 0 Å². The topological polar surface area (TPSA) is 3.24 Å². The van der Waals surface area contributed by atoms with Crippen molar-refractivity contribution in [2.45, 2.75) is 34.1 Å². The zero-order valence-electron chi connectivity index (χ0n) is 9.59. The van der Waals surface area contributed by atoms with E-state index in [1.165, 1.54) is 13.0 Å². The molecule has 0 radical (unpaired) electrons. The molecule has 0 aromatic heterocycles. The molecule has 0 rings (SSSR count). The predicted molar refractivity (Wildman–Crippen MR) is 56.3 cm³/mol. The van der Waals surface area contributed by atoms with Gasteiger partial charge in [-0.25, -0.2) is 0 Å². The van der Waals surface area contributed by atoms with Gasteiger partial charge in [-0.05, 0) is 44.8 Å². The first-order valence-electron chi connectivity index (χ1n) is 5.09. The molecule has 0 aromatic rings. The fourth-order valence-electron chi connectivity index (χ4n) is 1.84. The Morgan fingerprint density at radius 2 is 1.33 bits per heavy atom. The highest BCUT2D eigenvalue weighted by Crippen LogP contribution is 2.23. The molecule has 0 amide bonds. The average Bonchev–Trinajstić information content (AvgIpc) is 1.84. The highest BCUT2D eigenvalue weighted by molar-refractivity contribution is 4.67. The second-order valence-corrected chi connectivity index (χ2v) is 4.74. The first-order chi connectivity index (χ1) is 5.45. The lowest BCUT2D eigenvalue weighted by Crippen LogP contribution is -2.22. The molecule has 12 heavy (non-hydrogen) atoms. The van der Waals surface area contributed by atoms with Crippen molar-refractivity contribution in [1.29, 1.82) is 0 Å². The Bertz CT molecular complexity index is 97.6. The summed E-state index contributed by atoms with van der Waals surface area (Å²) in [5, 5.41) is 0. The van der Waals surface area contributed by atoms with Crippen molar-refractivity contribution in [2.75, 3.05) is 20.6 Å². The van der Waals surface area contributed by atoms with Gasteiger partial charge in [0.25, 0.3) is 0 Å². The van der Waals surface area contributed by atoms with Gasteiger partial charge in [-0.2, -0.15) is 0 Å². The van der Waals surface area contributed by atoms with Gasteiger partial charge < -0.3 is 4.90 Å². The molecular formula is C11H25N.